The molecule has 0 radical (unpaired) electrons. The van der Waals surface area contributed by atoms with Crippen LogP contribution in [0, 0.1) is 11.8 Å². The van der Waals surface area contributed by atoms with Crippen molar-refractivity contribution in [3.63, 3.8) is 0 Å². The quantitative estimate of drug-likeness (QED) is 0.398. The van der Waals surface area contributed by atoms with Crippen LogP contribution in [0.2, 0.25) is 0 Å². The number of hydrogen-bond acceptors (Lipinski definition) is 0. The van der Waals surface area contributed by atoms with Gasteiger partial charge in [-0.1, -0.05) is 0 Å². The fourth-order valence-electron chi connectivity index (χ4n) is 3.28. The molecule has 0 aromatic rings. The molecular weight excluding hydrogens is 467 g/mol. The van der Waals surface area contributed by atoms with Crippen molar-refractivity contribution in [3.05, 3.63) is 40.0 Å². The Bertz CT molecular complexity index is 512. The van der Waals surface area contributed by atoms with Crippen LogP contribution >= 0.6 is 34.0 Å². The van der Waals surface area contributed by atoms with Gasteiger partial charge in [0.25, 0.3) is 0 Å². The summed E-state index contributed by atoms with van der Waals surface area (Å²) >= 11 is -0.601. The summed E-state index contributed by atoms with van der Waals surface area (Å²) in [7, 11) is 0. The third-order valence-electron chi connectivity index (χ3n) is 5.55. The van der Waals surface area contributed by atoms with Crippen LogP contribution in [-0.2, 0) is 23.2 Å². The van der Waals surface area contributed by atoms with Crippen molar-refractivity contribution in [2.45, 2.75) is 55.4 Å². The molecule has 0 N–H and O–H groups in total. The molecule has 0 bridgehead atoms. The molecule has 3 heteroatoms. The molecule has 2 aliphatic rings. The molecule has 0 nitrogen and oxygen atoms in total. The Kier molecular flexibility index (Phi) is 8.37. The van der Waals surface area contributed by atoms with Gasteiger partial charge in [-0.05, 0) is 0 Å². The molecule has 0 saturated carbocycles. The van der Waals surface area contributed by atoms with Crippen LogP contribution in [0.1, 0.15) is 55.4 Å². The Morgan fingerprint density at radius 3 is 1.05 bits per heavy atom. The van der Waals surface area contributed by atoms with E-state index in [0.717, 1.165) is 0 Å². The van der Waals surface area contributed by atoms with E-state index >= 15 is 0 Å². The van der Waals surface area contributed by atoms with E-state index in [2.05, 4.69) is 55.4 Å². The topological polar surface area (TPSA) is 0 Å². The zero-order chi connectivity index (χ0) is 14.5. The molecule has 0 aromatic heterocycles. The number of allylic oxidation sites excluding steroid dienone is 8. The molecule has 118 valence electrons. The molecule has 21 heavy (non-hydrogen) atoms. The van der Waals surface area contributed by atoms with Crippen LogP contribution in [0.4, 0.5) is 0 Å². The first-order valence-corrected chi connectivity index (χ1v) is 9.77. The summed E-state index contributed by atoms with van der Waals surface area (Å²) in [6, 6.07) is 0. The average Bonchev–Trinajstić information content (AvgIpc) is 2.68. The minimum atomic E-state index is -0.601. The molecule has 0 amide bonds. The van der Waals surface area contributed by atoms with E-state index in [1.807, 2.05) is 6.56 Å². The molecule has 2 unspecified atom stereocenters. The van der Waals surface area contributed by atoms with Crippen LogP contribution in [-0.4, -0.2) is 0 Å². The second-order valence-electron chi connectivity index (χ2n) is 6.26. The van der Waals surface area contributed by atoms with Crippen molar-refractivity contribution in [3.8, 4) is 0 Å². The van der Waals surface area contributed by atoms with Gasteiger partial charge in [0.2, 0.25) is 0 Å². The third kappa shape index (κ3) is 3.66. The van der Waals surface area contributed by atoms with Gasteiger partial charge < -0.3 is 0 Å². The Labute approximate surface area is 163 Å². The summed E-state index contributed by atoms with van der Waals surface area (Å²) in [6.45, 7) is 18.8. The monoisotopic (exact) mass is 492 g/mol. The normalized spacial score (nSPS) is 25.5. The van der Waals surface area contributed by atoms with Crippen LogP contribution in [0.25, 0.3) is 0 Å². The Hall–Kier alpha value is 0.803. The molecule has 0 saturated heterocycles. The summed E-state index contributed by atoms with van der Waals surface area (Å²) in [5.74, 6) is 1.42. The zero-order valence-electron chi connectivity index (χ0n) is 14.5. The minimum absolute atomic E-state index is 0. The van der Waals surface area contributed by atoms with Gasteiger partial charge in [0.15, 0.2) is 0 Å². The van der Waals surface area contributed by atoms with Gasteiger partial charge in [-0.3, -0.25) is 0 Å². The fourth-order valence-corrected chi connectivity index (χ4v) is 7.96. The van der Waals surface area contributed by atoms with Crippen LogP contribution < -0.4 is 0 Å². The number of hydrogen-bond donors (Lipinski definition) is 0. The van der Waals surface area contributed by atoms with Crippen molar-refractivity contribution < 1.29 is 23.2 Å². The molecule has 2 aliphatic carbocycles. The van der Waals surface area contributed by atoms with Gasteiger partial charge in [-0.25, -0.2) is 0 Å². The summed E-state index contributed by atoms with van der Waals surface area (Å²) in [5, 5.41) is 0. The first-order valence-electron chi connectivity index (χ1n) is 7.31. The maximum atomic E-state index is 2.41. The molecule has 2 atom stereocenters. The maximum absolute atomic E-state index is 2.41. The van der Waals surface area contributed by atoms with Gasteiger partial charge in [0, 0.05) is 0 Å². The van der Waals surface area contributed by atoms with E-state index in [0.29, 0.717) is 11.8 Å². The summed E-state index contributed by atoms with van der Waals surface area (Å²) in [5.41, 5.74) is 9.58. The SMILES string of the molecule is Br.Br.CC1=C(C)C(C)[C]([Zr][C]2=C(C)C(C)=C(C)C2C)=C1C. The van der Waals surface area contributed by atoms with Gasteiger partial charge in [-0.2, -0.15) is 0 Å². The number of rotatable bonds is 2. The fraction of sp³-hybridized carbons (Fsp3) is 0.556. The molecule has 0 aliphatic heterocycles. The molecular formula is C18H28Br2Zr. The molecule has 0 aromatic carbocycles. The second kappa shape index (κ2) is 8.07. The molecule has 0 spiro atoms. The predicted molar refractivity (Wildman–Crippen MR) is 101 cm³/mol. The first kappa shape index (κ1) is 21.8. The van der Waals surface area contributed by atoms with E-state index in [4.69, 9.17) is 0 Å². The van der Waals surface area contributed by atoms with Crippen molar-refractivity contribution >= 4 is 34.0 Å². The van der Waals surface area contributed by atoms with Gasteiger partial charge in [-0.15, -0.1) is 34.0 Å². The van der Waals surface area contributed by atoms with Crippen molar-refractivity contribution in [2.75, 3.05) is 0 Å². The van der Waals surface area contributed by atoms with Gasteiger partial charge >= 0.3 is 130 Å². The van der Waals surface area contributed by atoms with Crippen molar-refractivity contribution in [1.82, 2.24) is 0 Å². The average molecular weight is 495 g/mol. The third-order valence-corrected chi connectivity index (χ3v) is 10.8. The standard InChI is InChI=1S/2C9H13.2BrH.Zr/c2*1-6-5-7(2)9(4)8(6)3;;;/h2*6H,1-4H3;2*1H;. The van der Waals surface area contributed by atoms with E-state index in [-0.39, 0.29) is 34.0 Å². The van der Waals surface area contributed by atoms with Crippen LogP contribution in [0.3, 0.4) is 0 Å². The Morgan fingerprint density at radius 2 is 0.857 bits per heavy atom. The van der Waals surface area contributed by atoms with Crippen LogP contribution in [0.15, 0.2) is 40.0 Å². The van der Waals surface area contributed by atoms with Gasteiger partial charge in [0.05, 0.1) is 0 Å². The summed E-state index contributed by atoms with van der Waals surface area (Å²) in [6.07, 6.45) is 0. The Balaban J connectivity index is 0.00000200. The Morgan fingerprint density at radius 1 is 0.571 bits per heavy atom. The zero-order valence-corrected chi connectivity index (χ0v) is 20.4. The molecule has 0 fully saturated rings. The summed E-state index contributed by atoms with van der Waals surface area (Å²) < 4.78 is 3.64. The molecule has 0 heterocycles. The van der Waals surface area contributed by atoms with E-state index < -0.39 is 23.2 Å². The predicted octanol–water partition coefficient (Wildman–Crippen LogP) is 6.74. The van der Waals surface area contributed by atoms with E-state index in [1.54, 1.807) is 33.4 Å². The van der Waals surface area contributed by atoms with Crippen molar-refractivity contribution in [1.29, 1.82) is 0 Å². The van der Waals surface area contributed by atoms with Gasteiger partial charge in [0.1, 0.15) is 0 Å². The van der Waals surface area contributed by atoms with Crippen molar-refractivity contribution in [2.24, 2.45) is 11.8 Å². The van der Waals surface area contributed by atoms with E-state index in [9.17, 15) is 0 Å². The first-order chi connectivity index (χ1) is 8.77. The number of halogens is 2. The van der Waals surface area contributed by atoms with Crippen LogP contribution in [0.5, 0.6) is 0 Å². The van der Waals surface area contributed by atoms with E-state index in [1.165, 1.54) is 0 Å². The second-order valence-corrected chi connectivity index (χ2v) is 9.52. The summed E-state index contributed by atoms with van der Waals surface area (Å²) in [4.78, 5) is 0. The molecule has 2 rings (SSSR count).